The van der Waals surface area contributed by atoms with Gasteiger partial charge in [-0.3, -0.25) is 14.9 Å². The van der Waals surface area contributed by atoms with E-state index in [-0.39, 0.29) is 18.2 Å². The van der Waals surface area contributed by atoms with E-state index >= 15 is 0 Å². The van der Waals surface area contributed by atoms with Gasteiger partial charge in [-0.25, -0.2) is 0 Å². The molecule has 7 heteroatoms. The number of carbonyl (C=O) groups excluding carboxylic acids is 1. The number of ether oxygens (including phenoxy) is 2. The van der Waals surface area contributed by atoms with Gasteiger partial charge >= 0.3 is 0 Å². The molecular formula is C23H22N2O5. The summed E-state index contributed by atoms with van der Waals surface area (Å²) < 4.78 is 11.4. The van der Waals surface area contributed by atoms with Crippen molar-refractivity contribution in [2.24, 2.45) is 0 Å². The number of rotatable bonds is 9. The van der Waals surface area contributed by atoms with Gasteiger partial charge in [-0.15, -0.1) is 0 Å². The summed E-state index contributed by atoms with van der Waals surface area (Å²) in [6, 6.07) is 20.7. The number of amides is 1. The fourth-order valence-corrected chi connectivity index (χ4v) is 2.88. The average Bonchev–Trinajstić information content (AvgIpc) is 2.76. The van der Waals surface area contributed by atoms with Crippen molar-refractivity contribution < 1.29 is 19.2 Å². The molecule has 0 unspecified atom stereocenters. The van der Waals surface area contributed by atoms with Gasteiger partial charge in [0.15, 0.2) is 0 Å². The van der Waals surface area contributed by atoms with Crippen molar-refractivity contribution in [1.82, 2.24) is 0 Å². The summed E-state index contributed by atoms with van der Waals surface area (Å²) in [6.07, 6.45) is 0. The maximum Gasteiger partial charge on any atom is 0.271 e. The Bertz CT molecular complexity index is 1020. The van der Waals surface area contributed by atoms with E-state index in [4.69, 9.17) is 9.47 Å². The van der Waals surface area contributed by atoms with Gasteiger partial charge in [0.2, 0.25) is 0 Å². The number of anilines is 1. The van der Waals surface area contributed by atoms with Crippen LogP contribution in [-0.2, 0) is 18.0 Å². The maximum atomic E-state index is 12.6. The van der Waals surface area contributed by atoms with Crippen LogP contribution in [0, 0.1) is 10.1 Å². The van der Waals surface area contributed by atoms with Gasteiger partial charge in [0.05, 0.1) is 24.7 Å². The van der Waals surface area contributed by atoms with Crippen molar-refractivity contribution in [2.45, 2.75) is 20.1 Å². The number of carbonyl (C=O) groups is 1. The lowest BCUT2D eigenvalue weighted by Gasteiger charge is -2.13. The summed E-state index contributed by atoms with van der Waals surface area (Å²) in [6.45, 7) is 3.10. The summed E-state index contributed by atoms with van der Waals surface area (Å²) in [5.74, 6) is 0.278. The molecule has 0 aliphatic rings. The first-order valence-electron chi connectivity index (χ1n) is 9.50. The van der Waals surface area contributed by atoms with Crippen molar-refractivity contribution in [3.8, 4) is 5.75 Å². The molecule has 0 spiro atoms. The van der Waals surface area contributed by atoms with Crippen LogP contribution in [0.3, 0.4) is 0 Å². The summed E-state index contributed by atoms with van der Waals surface area (Å²) >= 11 is 0. The van der Waals surface area contributed by atoms with Gasteiger partial charge in [-0.1, -0.05) is 36.4 Å². The number of benzene rings is 3. The Balaban J connectivity index is 1.72. The number of non-ortho nitro benzene ring substituents is 1. The molecule has 0 fully saturated rings. The van der Waals surface area contributed by atoms with Crippen LogP contribution in [0.2, 0.25) is 0 Å². The van der Waals surface area contributed by atoms with Crippen LogP contribution < -0.4 is 10.1 Å². The Morgan fingerprint density at radius 1 is 1.00 bits per heavy atom. The van der Waals surface area contributed by atoms with Crippen molar-refractivity contribution >= 4 is 17.3 Å². The van der Waals surface area contributed by atoms with E-state index in [0.29, 0.717) is 30.2 Å². The third kappa shape index (κ3) is 5.65. The minimum atomic E-state index is -0.505. The van der Waals surface area contributed by atoms with Crippen LogP contribution in [0.5, 0.6) is 5.75 Å². The summed E-state index contributed by atoms with van der Waals surface area (Å²) in [7, 11) is 0. The Morgan fingerprint density at radius 2 is 1.80 bits per heavy atom. The van der Waals surface area contributed by atoms with E-state index in [1.807, 2.05) is 37.3 Å². The third-order valence-electron chi connectivity index (χ3n) is 4.31. The number of nitrogens with one attached hydrogen (secondary N) is 1. The molecule has 3 aromatic carbocycles. The van der Waals surface area contributed by atoms with E-state index in [2.05, 4.69) is 5.32 Å². The number of hydrogen-bond donors (Lipinski definition) is 1. The van der Waals surface area contributed by atoms with Crippen molar-refractivity contribution in [2.75, 3.05) is 11.9 Å². The number of nitro benzene ring substituents is 1. The molecule has 0 heterocycles. The molecule has 30 heavy (non-hydrogen) atoms. The Labute approximate surface area is 174 Å². The molecule has 0 saturated carbocycles. The minimum Gasteiger partial charge on any atom is -0.494 e. The third-order valence-corrected chi connectivity index (χ3v) is 4.31. The molecule has 0 aromatic heterocycles. The summed E-state index contributed by atoms with van der Waals surface area (Å²) in [5.41, 5.74) is 2.47. The molecule has 0 saturated heterocycles. The second kappa shape index (κ2) is 10.2. The van der Waals surface area contributed by atoms with Gasteiger partial charge in [0.25, 0.3) is 11.6 Å². The fraction of sp³-hybridized carbons (Fsp3) is 0.174. The Kier molecular flexibility index (Phi) is 7.13. The predicted molar refractivity (Wildman–Crippen MR) is 114 cm³/mol. The highest BCUT2D eigenvalue weighted by Gasteiger charge is 2.13. The normalized spacial score (nSPS) is 10.4. The van der Waals surface area contributed by atoms with Gasteiger partial charge in [0.1, 0.15) is 5.75 Å². The van der Waals surface area contributed by atoms with Crippen LogP contribution in [0.15, 0.2) is 72.8 Å². The molecule has 0 aliphatic heterocycles. The fourth-order valence-electron chi connectivity index (χ4n) is 2.88. The highest BCUT2D eigenvalue weighted by atomic mass is 16.6. The zero-order chi connectivity index (χ0) is 21.3. The van der Waals surface area contributed by atoms with Gasteiger partial charge in [-0.05, 0) is 36.8 Å². The van der Waals surface area contributed by atoms with Crippen LogP contribution in [0.1, 0.15) is 28.4 Å². The standard InChI is InChI=1S/C23H22N2O5/c1-2-30-22-12-11-18(13-19(22)16-29-15-17-7-4-3-5-8-17)23(26)24-20-9-6-10-21(14-20)25(27)28/h3-14H,2,15-16H2,1H3,(H,24,26). The maximum absolute atomic E-state index is 12.6. The first-order valence-corrected chi connectivity index (χ1v) is 9.50. The van der Waals surface area contributed by atoms with E-state index in [1.165, 1.54) is 18.2 Å². The van der Waals surface area contributed by atoms with Crippen molar-refractivity contribution in [1.29, 1.82) is 0 Å². The number of nitrogens with zero attached hydrogens (tertiary/aromatic N) is 1. The molecule has 3 aromatic rings. The molecule has 0 radical (unpaired) electrons. The zero-order valence-corrected chi connectivity index (χ0v) is 16.5. The lowest BCUT2D eigenvalue weighted by molar-refractivity contribution is -0.384. The average molecular weight is 406 g/mol. The summed E-state index contributed by atoms with van der Waals surface area (Å²) in [5, 5.41) is 13.6. The lowest BCUT2D eigenvalue weighted by Crippen LogP contribution is -2.13. The number of nitro groups is 1. The molecule has 154 valence electrons. The van der Waals surface area contributed by atoms with Crippen molar-refractivity contribution in [3.05, 3.63) is 99.6 Å². The second-order valence-electron chi connectivity index (χ2n) is 6.50. The van der Waals surface area contributed by atoms with Gasteiger partial charge < -0.3 is 14.8 Å². The van der Waals surface area contributed by atoms with Crippen LogP contribution in [0.25, 0.3) is 0 Å². The topological polar surface area (TPSA) is 90.7 Å². The predicted octanol–water partition coefficient (Wildman–Crippen LogP) is 4.96. The highest BCUT2D eigenvalue weighted by Crippen LogP contribution is 2.23. The molecule has 0 aliphatic carbocycles. The van der Waals surface area contributed by atoms with Gasteiger partial charge in [-0.2, -0.15) is 0 Å². The molecule has 3 rings (SSSR count). The van der Waals surface area contributed by atoms with E-state index in [9.17, 15) is 14.9 Å². The molecule has 1 amide bonds. The van der Waals surface area contributed by atoms with Crippen LogP contribution in [-0.4, -0.2) is 17.4 Å². The molecule has 0 bridgehead atoms. The van der Waals surface area contributed by atoms with Crippen LogP contribution >= 0.6 is 0 Å². The number of hydrogen-bond acceptors (Lipinski definition) is 5. The minimum absolute atomic E-state index is 0.0884. The van der Waals surface area contributed by atoms with E-state index in [1.54, 1.807) is 24.3 Å². The molecule has 1 N–H and O–H groups in total. The van der Waals surface area contributed by atoms with Crippen LogP contribution in [0.4, 0.5) is 11.4 Å². The molecule has 7 nitrogen and oxygen atoms in total. The van der Waals surface area contributed by atoms with E-state index < -0.39 is 4.92 Å². The Hall–Kier alpha value is -3.71. The second-order valence-corrected chi connectivity index (χ2v) is 6.50. The monoisotopic (exact) mass is 406 g/mol. The largest absolute Gasteiger partial charge is 0.494 e. The van der Waals surface area contributed by atoms with E-state index in [0.717, 1.165) is 11.1 Å². The van der Waals surface area contributed by atoms with Crippen molar-refractivity contribution in [3.63, 3.8) is 0 Å². The smallest absolute Gasteiger partial charge is 0.271 e. The summed E-state index contributed by atoms with van der Waals surface area (Å²) in [4.78, 5) is 23.1. The molecular weight excluding hydrogens is 384 g/mol. The SMILES string of the molecule is CCOc1ccc(C(=O)Nc2cccc([N+](=O)[O-])c2)cc1COCc1ccccc1. The quantitative estimate of drug-likeness (QED) is 0.400. The first-order chi connectivity index (χ1) is 14.6. The zero-order valence-electron chi connectivity index (χ0n) is 16.5. The lowest BCUT2D eigenvalue weighted by atomic mass is 10.1. The molecule has 0 atom stereocenters. The van der Waals surface area contributed by atoms with Gasteiger partial charge in [0, 0.05) is 28.9 Å². The first kappa shape index (κ1) is 21.0. The Morgan fingerprint density at radius 3 is 2.53 bits per heavy atom. The highest BCUT2D eigenvalue weighted by molar-refractivity contribution is 6.04.